The van der Waals surface area contributed by atoms with Crippen LogP contribution in [0.5, 0.6) is 11.5 Å². The molecule has 1 aromatic carbocycles. The largest absolute Gasteiger partial charge is 1.00 e. The third-order valence-corrected chi connectivity index (χ3v) is 2.09. The molecule has 0 amide bonds. The van der Waals surface area contributed by atoms with Gasteiger partial charge in [-0.15, -0.1) is 0 Å². The quantitative estimate of drug-likeness (QED) is 0.272. The summed E-state index contributed by atoms with van der Waals surface area (Å²) in [4.78, 5) is -0.460. The van der Waals surface area contributed by atoms with Crippen molar-refractivity contribution in [3.63, 3.8) is 0 Å². The summed E-state index contributed by atoms with van der Waals surface area (Å²) in [5.74, 6) is -1.03. The normalized spacial score (nSPS) is 10.5. The number of benzene rings is 1. The van der Waals surface area contributed by atoms with Gasteiger partial charge in [-0.3, -0.25) is 4.55 Å². The van der Waals surface area contributed by atoms with E-state index in [9.17, 15) is 8.42 Å². The standard InChI is InChI=1S/C6H6O5S.Na.H/c7-5-2-1-4(3-6(5)8)12(9,10)11;;/h1-3,7-8H,(H,9,10,11);;/q;+1;-1. The second kappa shape index (κ2) is 4.30. The van der Waals surface area contributed by atoms with Gasteiger partial charge in [0, 0.05) is 6.07 Å². The molecular weight excluding hydrogens is 207 g/mol. The molecule has 3 N–H and O–H groups in total. The van der Waals surface area contributed by atoms with Gasteiger partial charge >= 0.3 is 29.6 Å². The van der Waals surface area contributed by atoms with Gasteiger partial charge in [-0.05, 0) is 12.1 Å². The summed E-state index contributed by atoms with van der Waals surface area (Å²) in [6.45, 7) is 0. The van der Waals surface area contributed by atoms with Gasteiger partial charge in [0.15, 0.2) is 11.5 Å². The number of hydrogen-bond donors (Lipinski definition) is 3. The summed E-state index contributed by atoms with van der Waals surface area (Å²) < 4.78 is 29.4. The zero-order chi connectivity index (χ0) is 9.35. The molecule has 0 aliphatic carbocycles. The molecule has 0 unspecified atom stereocenters. The molecule has 0 fully saturated rings. The molecule has 0 saturated carbocycles. The van der Waals surface area contributed by atoms with Crippen LogP contribution in [0.1, 0.15) is 1.43 Å². The number of phenols is 2. The van der Waals surface area contributed by atoms with Gasteiger partial charge < -0.3 is 11.6 Å². The molecular formula is C6H7NaO5S. The zero-order valence-electron chi connectivity index (χ0n) is 7.80. The van der Waals surface area contributed by atoms with Crippen LogP contribution in [0.3, 0.4) is 0 Å². The van der Waals surface area contributed by atoms with Crippen LogP contribution in [0.2, 0.25) is 0 Å². The second-order valence-corrected chi connectivity index (χ2v) is 3.55. The molecule has 1 rings (SSSR count). The third-order valence-electron chi connectivity index (χ3n) is 1.24. The molecule has 0 spiro atoms. The molecule has 0 atom stereocenters. The molecule has 1 aromatic rings. The van der Waals surface area contributed by atoms with Gasteiger partial charge in [-0.1, -0.05) is 0 Å². The molecule has 13 heavy (non-hydrogen) atoms. The van der Waals surface area contributed by atoms with E-state index in [4.69, 9.17) is 14.8 Å². The first kappa shape index (κ1) is 12.7. The van der Waals surface area contributed by atoms with Crippen LogP contribution in [0.15, 0.2) is 23.1 Å². The average Bonchev–Trinajstić information content (AvgIpc) is 1.92. The Kier molecular flexibility index (Phi) is 4.21. The van der Waals surface area contributed by atoms with E-state index in [1.54, 1.807) is 0 Å². The summed E-state index contributed by atoms with van der Waals surface area (Å²) in [5.41, 5.74) is 0. The van der Waals surface area contributed by atoms with Crippen molar-refractivity contribution < 1.29 is 54.2 Å². The van der Waals surface area contributed by atoms with Crippen molar-refractivity contribution >= 4 is 10.1 Å². The number of hydrogen-bond acceptors (Lipinski definition) is 4. The zero-order valence-corrected chi connectivity index (χ0v) is 9.61. The molecule has 0 bridgehead atoms. The Labute approximate surface area is 98.5 Å². The third kappa shape index (κ3) is 3.17. The topological polar surface area (TPSA) is 94.8 Å². The Morgan fingerprint density at radius 2 is 1.69 bits per heavy atom. The van der Waals surface area contributed by atoms with Crippen LogP contribution in [0.25, 0.3) is 0 Å². The van der Waals surface area contributed by atoms with E-state index in [0.717, 1.165) is 18.2 Å². The van der Waals surface area contributed by atoms with Crippen molar-refractivity contribution in [2.75, 3.05) is 0 Å². The van der Waals surface area contributed by atoms with E-state index >= 15 is 0 Å². The van der Waals surface area contributed by atoms with Gasteiger partial charge in [0.1, 0.15) is 0 Å². The van der Waals surface area contributed by atoms with Crippen LogP contribution < -0.4 is 29.6 Å². The minimum absolute atomic E-state index is 0. The molecule has 0 aromatic heterocycles. The van der Waals surface area contributed by atoms with E-state index in [1.165, 1.54) is 0 Å². The molecule has 68 valence electrons. The molecule has 0 heterocycles. The molecule has 0 aliphatic rings. The van der Waals surface area contributed by atoms with Crippen molar-refractivity contribution in [1.82, 2.24) is 0 Å². The Bertz CT molecular complexity index is 405. The Balaban J connectivity index is 0. The fraction of sp³-hybridized carbons (Fsp3) is 0. The Hall–Kier alpha value is -0.270. The van der Waals surface area contributed by atoms with Crippen molar-refractivity contribution in [1.29, 1.82) is 0 Å². The number of aromatic hydroxyl groups is 2. The predicted octanol–water partition coefficient (Wildman–Crippen LogP) is -2.54. The minimum Gasteiger partial charge on any atom is -1.00 e. The summed E-state index contributed by atoms with van der Waals surface area (Å²) in [6, 6.07) is 2.70. The van der Waals surface area contributed by atoms with Crippen molar-refractivity contribution in [2.45, 2.75) is 4.90 Å². The maximum atomic E-state index is 10.5. The van der Waals surface area contributed by atoms with Gasteiger partial charge in [-0.2, -0.15) is 8.42 Å². The van der Waals surface area contributed by atoms with Crippen LogP contribution in [0.4, 0.5) is 0 Å². The fourth-order valence-corrected chi connectivity index (χ4v) is 1.16. The van der Waals surface area contributed by atoms with Crippen molar-refractivity contribution in [3.05, 3.63) is 18.2 Å². The maximum Gasteiger partial charge on any atom is 1.00 e. The minimum atomic E-state index is -4.31. The van der Waals surface area contributed by atoms with E-state index in [0.29, 0.717) is 0 Å². The molecule has 0 radical (unpaired) electrons. The van der Waals surface area contributed by atoms with Crippen molar-refractivity contribution in [2.24, 2.45) is 0 Å². The smallest absolute Gasteiger partial charge is 1.00 e. The first-order valence-electron chi connectivity index (χ1n) is 2.91. The van der Waals surface area contributed by atoms with Crippen LogP contribution in [-0.4, -0.2) is 23.2 Å². The first-order chi connectivity index (χ1) is 5.41. The average molecular weight is 214 g/mol. The summed E-state index contributed by atoms with van der Waals surface area (Å²) >= 11 is 0. The Morgan fingerprint density at radius 3 is 2.08 bits per heavy atom. The van der Waals surface area contributed by atoms with E-state index < -0.39 is 26.5 Å². The summed E-state index contributed by atoms with van der Waals surface area (Å²) in [6.07, 6.45) is 0. The molecule has 7 heteroatoms. The fourth-order valence-electron chi connectivity index (χ4n) is 0.664. The first-order valence-corrected chi connectivity index (χ1v) is 4.35. The SMILES string of the molecule is O=S(=O)(O)c1ccc(O)c(O)c1.[H-].[Na+]. The molecule has 0 aliphatic heterocycles. The van der Waals surface area contributed by atoms with Gasteiger partial charge in [0.2, 0.25) is 0 Å². The molecule has 5 nitrogen and oxygen atoms in total. The van der Waals surface area contributed by atoms with E-state index in [1.807, 2.05) is 0 Å². The van der Waals surface area contributed by atoms with Gasteiger partial charge in [0.05, 0.1) is 4.90 Å². The predicted molar refractivity (Wildman–Crippen MR) is 40.7 cm³/mol. The van der Waals surface area contributed by atoms with Crippen LogP contribution >= 0.6 is 0 Å². The van der Waals surface area contributed by atoms with Crippen LogP contribution in [-0.2, 0) is 10.1 Å². The second-order valence-electron chi connectivity index (χ2n) is 2.13. The van der Waals surface area contributed by atoms with Crippen molar-refractivity contribution in [3.8, 4) is 11.5 Å². The number of rotatable bonds is 1. The molecule has 0 saturated heterocycles. The monoisotopic (exact) mass is 214 g/mol. The van der Waals surface area contributed by atoms with E-state index in [2.05, 4.69) is 0 Å². The summed E-state index contributed by atoms with van der Waals surface area (Å²) in [7, 11) is -4.31. The number of phenolic OH excluding ortho intramolecular Hbond substituents is 2. The van der Waals surface area contributed by atoms with Crippen LogP contribution in [0, 0.1) is 0 Å². The summed E-state index contributed by atoms with van der Waals surface area (Å²) in [5, 5.41) is 17.6. The van der Waals surface area contributed by atoms with Gasteiger partial charge in [-0.25, -0.2) is 0 Å². The Morgan fingerprint density at radius 1 is 1.15 bits per heavy atom. The maximum absolute atomic E-state index is 10.5. The van der Waals surface area contributed by atoms with E-state index in [-0.39, 0.29) is 31.0 Å². The van der Waals surface area contributed by atoms with Gasteiger partial charge in [0.25, 0.3) is 10.1 Å².